The van der Waals surface area contributed by atoms with Gasteiger partial charge in [-0.15, -0.1) is 0 Å². The van der Waals surface area contributed by atoms with Crippen LogP contribution in [-0.2, 0) is 30.4 Å². The maximum Gasteiger partial charge on any atom is 0.326 e. The van der Waals surface area contributed by atoms with Crippen molar-refractivity contribution in [2.45, 2.75) is 63.7 Å². The number of aromatic amines is 1. The summed E-state index contributed by atoms with van der Waals surface area (Å²) in [7, 11) is 0. The van der Waals surface area contributed by atoms with Gasteiger partial charge in [-0.05, 0) is 30.8 Å². The molecule has 0 spiro atoms. The van der Waals surface area contributed by atoms with Crippen molar-refractivity contribution in [1.29, 1.82) is 0 Å². The zero-order chi connectivity index (χ0) is 26.5. The molecule has 0 bridgehead atoms. The third kappa shape index (κ3) is 11.2. The van der Waals surface area contributed by atoms with E-state index in [1.165, 1.54) is 18.1 Å². The zero-order valence-corrected chi connectivity index (χ0v) is 20.9. The van der Waals surface area contributed by atoms with Gasteiger partial charge in [0, 0.05) is 18.3 Å². The van der Waals surface area contributed by atoms with Crippen molar-refractivity contribution in [2.24, 2.45) is 17.4 Å². The summed E-state index contributed by atoms with van der Waals surface area (Å²) >= 11 is 1.43. The molecular weight excluding hydrogens is 478 g/mol. The standard InChI is InChI=1S/C21H35N7O6S/c1-11(2)6-15(27-18(30)13(22)7-12-9-24-10-25-12)20(32)26-14(4-5-35-3)19(31)28-16(21(33)34)8-17(23)29/h9-11,13-16H,4-8,22H2,1-3H3,(H2,23,29)(H,24,25)(H,26,32)(H,27,30)(H,28,31)(H,33,34). The number of hydrogen-bond donors (Lipinski definition) is 7. The Hall–Kier alpha value is -3.13. The molecule has 35 heavy (non-hydrogen) atoms. The Balaban J connectivity index is 2.93. The number of nitrogens with zero attached hydrogens (tertiary/aromatic N) is 1. The maximum atomic E-state index is 13.1. The lowest BCUT2D eigenvalue weighted by Gasteiger charge is -2.26. The van der Waals surface area contributed by atoms with Gasteiger partial charge in [0.25, 0.3) is 0 Å². The normalized spacial score (nSPS) is 14.4. The quantitative estimate of drug-likeness (QED) is 0.136. The number of hydrogen-bond acceptors (Lipinski definition) is 8. The van der Waals surface area contributed by atoms with E-state index in [1.807, 2.05) is 20.1 Å². The number of nitrogens with two attached hydrogens (primary N) is 2. The third-order valence-corrected chi connectivity index (χ3v) is 5.58. The molecule has 0 aliphatic heterocycles. The number of aliphatic carboxylic acids is 1. The maximum absolute atomic E-state index is 13.1. The van der Waals surface area contributed by atoms with E-state index in [4.69, 9.17) is 11.5 Å². The van der Waals surface area contributed by atoms with Gasteiger partial charge in [-0.2, -0.15) is 11.8 Å². The highest BCUT2D eigenvalue weighted by Gasteiger charge is 2.31. The summed E-state index contributed by atoms with van der Waals surface area (Å²) in [6.45, 7) is 3.74. The second-order valence-corrected chi connectivity index (χ2v) is 9.48. The van der Waals surface area contributed by atoms with Crippen LogP contribution in [0.25, 0.3) is 0 Å². The van der Waals surface area contributed by atoms with E-state index in [-0.39, 0.29) is 25.2 Å². The fourth-order valence-corrected chi connectivity index (χ4v) is 3.63. The summed E-state index contributed by atoms with van der Waals surface area (Å²) in [4.78, 5) is 67.7. The highest BCUT2D eigenvalue weighted by Crippen LogP contribution is 2.09. The Morgan fingerprint density at radius 2 is 1.66 bits per heavy atom. The lowest BCUT2D eigenvalue weighted by atomic mass is 10.0. The van der Waals surface area contributed by atoms with Crippen LogP contribution in [-0.4, -0.2) is 80.8 Å². The van der Waals surface area contributed by atoms with Crippen LogP contribution in [0.15, 0.2) is 12.5 Å². The van der Waals surface area contributed by atoms with Gasteiger partial charge in [0.05, 0.1) is 18.8 Å². The molecule has 4 unspecified atom stereocenters. The first-order chi connectivity index (χ1) is 16.4. The van der Waals surface area contributed by atoms with Gasteiger partial charge in [-0.3, -0.25) is 19.2 Å². The fraction of sp³-hybridized carbons (Fsp3) is 0.619. The molecule has 9 N–H and O–H groups in total. The highest BCUT2D eigenvalue weighted by molar-refractivity contribution is 7.98. The van der Waals surface area contributed by atoms with Gasteiger partial charge in [-0.1, -0.05) is 13.8 Å². The van der Waals surface area contributed by atoms with Crippen molar-refractivity contribution < 1.29 is 29.1 Å². The van der Waals surface area contributed by atoms with Crippen LogP contribution in [0.3, 0.4) is 0 Å². The number of carbonyl (C=O) groups is 5. The number of carbonyl (C=O) groups excluding carboxylic acids is 4. The Labute approximate surface area is 207 Å². The fourth-order valence-electron chi connectivity index (χ4n) is 3.16. The first kappa shape index (κ1) is 29.9. The molecule has 4 amide bonds. The molecule has 1 heterocycles. The minimum Gasteiger partial charge on any atom is -0.480 e. The molecule has 0 radical (unpaired) electrons. The van der Waals surface area contributed by atoms with Crippen molar-refractivity contribution in [3.8, 4) is 0 Å². The van der Waals surface area contributed by atoms with E-state index >= 15 is 0 Å². The molecule has 196 valence electrons. The molecule has 14 heteroatoms. The number of imidazole rings is 1. The molecule has 13 nitrogen and oxygen atoms in total. The van der Waals surface area contributed by atoms with E-state index in [9.17, 15) is 29.1 Å². The number of H-pyrrole nitrogens is 1. The summed E-state index contributed by atoms with van der Waals surface area (Å²) in [5.41, 5.74) is 11.7. The number of carboxylic acid groups (broad SMARTS) is 1. The van der Waals surface area contributed by atoms with Crippen LogP contribution in [0, 0.1) is 5.92 Å². The minimum atomic E-state index is -1.53. The smallest absolute Gasteiger partial charge is 0.326 e. The van der Waals surface area contributed by atoms with E-state index in [2.05, 4.69) is 25.9 Å². The molecule has 0 saturated carbocycles. The number of nitrogens with one attached hydrogen (secondary N) is 4. The van der Waals surface area contributed by atoms with Crippen LogP contribution in [0.2, 0.25) is 0 Å². The molecule has 0 saturated heterocycles. The Morgan fingerprint density at radius 1 is 1.06 bits per heavy atom. The first-order valence-corrected chi connectivity index (χ1v) is 12.5. The monoisotopic (exact) mass is 513 g/mol. The van der Waals surface area contributed by atoms with E-state index in [1.54, 1.807) is 6.20 Å². The number of aromatic nitrogens is 2. The minimum absolute atomic E-state index is 0.0281. The number of primary amides is 1. The molecule has 1 aromatic rings. The molecule has 0 aliphatic rings. The second-order valence-electron chi connectivity index (χ2n) is 8.49. The lowest BCUT2D eigenvalue weighted by molar-refractivity contribution is -0.143. The van der Waals surface area contributed by atoms with Crippen molar-refractivity contribution in [3.05, 3.63) is 18.2 Å². The summed E-state index contributed by atoms with van der Waals surface area (Å²) in [6, 6.07) is -4.52. The number of thioether (sulfide) groups is 1. The summed E-state index contributed by atoms with van der Waals surface area (Å²) in [5, 5.41) is 16.8. The van der Waals surface area contributed by atoms with Crippen LogP contribution >= 0.6 is 11.8 Å². The van der Waals surface area contributed by atoms with E-state index in [0.29, 0.717) is 11.4 Å². The largest absolute Gasteiger partial charge is 0.480 e. The SMILES string of the molecule is CSCCC(NC(=O)C(CC(C)C)NC(=O)C(N)Cc1cnc[nH]1)C(=O)NC(CC(N)=O)C(=O)O. The van der Waals surface area contributed by atoms with Crippen molar-refractivity contribution in [1.82, 2.24) is 25.9 Å². The summed E-state index contributed by atoms with van der Waals surface area (Å²) < 4.78 is 0. The number of amides is 4. The van der Waals surface area contributed by atoms with Crippen LogP contribution in [0.4, 0.5) is 0 Å². The van der Waals surface area contributed by atoms with Crippen LogP contribution in [0.5, 0.6) is 0 Å². The van der Waals surface area contributed by atoms with Crippen molar-refractivity contribution in [3.63, 3.8) is 0 Å². The molecule has 1 aromatic heterocycles. The highest BCUT2D eigenvalue weighted by atomic mass is 32.2. The Morgan fingerprint density at radius 3 is 2.17 bits per heavy atom. The molecule has 0 aromatic carbocycles. The van der Waals surface area contributed by atoms with E-state index < -0.39 is 60.2 Å². The van der Waals surface area contributed by atoms with Crippen LogP contribution in [0.1, 0.15) is 38.8 Å². The molecule has 0 fully saturated rings. The second kappa shape index (κ2) is 15.0. The predicted molar refractivity (Wildman–Crippen MR) is 130 cm³/mol. The molecule has 4 atom stereocenters. The van der Waals surface area contributed by atoms with Crippen molar-refractivity contribution in [2.75, 3.05) is 12.0 Å². The average molecular weight is 514 g/mol. The van der Waals surface area contributed by atoms with E-state index in [0.717, 1.165) is 0 Å². The lowest BCUT2D eigenvalue weighted by Crippen LogP contribution is -2.57. The zero-order valence-electron chi connectivity index (χ0n) is 20.1. The van der Waals surface area contributed by atoms with Gasteiger partial charge in [-0.25, -0.2) is 9.78 Å². The summed E-state index contributed by atoms with van der Waals surface area (Å²) in [6.07, 6.45) is 4.90. The third-order valence-electron chi connectivity index (χ3n) is 4.94. The van der Waals surface area contributed by atoms with Gasteiger partial charge in [0.2, 0.25) is 23.6 Å². The van der Waals surface area contributed by atoms with Gasteiger partial charge >= 0.3 is 5.97 Å². The molecular formula is C21H35N7O6S. The van der Waals surface area contributed by atoms with Gasteiger partial charge in [0.1, 0.15) is 18.1 Å². The van der Waals surface area contributed by atoms with Crippen molar-refractivity contribution >= 4 is 41.4 Å². The average Bonchev–Trinajstić information content (AvgIpc) is 3.27. The van der Waals surface area contributed by atoms with Gasteiger partial charge in [0.15, 0.2) is 0 Å². The Kier molecular flexibility index (Phi) is 12.8. The molecule has 0 aliphatic carbocycles. The number of rotatable bonds is 16. The molecule has 1 rings (SSSR count). The number of carboxylic acids is 1. The first-order valence-electron chi connectivity index (χ1n) is 11.1. The van der Waals surface area contributed by atoms with Crippen LogP contribution < -0.4 is 27.4 Å². The Bertz CT molecular complexity index is 864. The topological polar surface area (TPSA) is 222 Å². The van der Waals surface area contributed by atoms with Gasteiger partial charge < -0.3 is 37.5 Å². The summed E-state index contributed by atoms with van der Waals surface area (Å²) in [5.74, 6) is -3.73. The predicted octanol–water partition coefficient (Wildman–Crippen LogP) is -1.51.